The zero-order chi connectivity index (χ0) is 23.1. The Labute approximate surface area is 192 Å². The summed E-state index contributed by atoms with van der Waals surface area (Å²) in [5, 5.41) is 3.35. The van der Waals surface area contributed by atoms with E-state index >= 15 is 0 Å². The van der Waals surface area contributed by atoms with E-state index in [4.69, 9.17) is 9.47 Å². The van der Waals surface area contributed by atoms with E-state index in [0.717, 1.165) is 29.7 Å². The van der Waals surface area contributed by atoms with Crippen LogP contribution in [0.1, 0.15) is 71.2 Å². The highest BCUT2D eigenvalue weighted by Crippen LogP contribution is 2.38. The first-order chi connectivity index (χ1) is 15.4. The molecule has 32 heavy (non-hydrogen) atoms. The topological polar surface area (TPSA) is 84.9 Å². The van der Waals surface area contributed by atoms with Crippen LogP contribution in [0.2, 0.25) is 0 Å². The van der Waals surface area contributed by atoms with Gasteiger partial charge in [0.2, 0.25) is 5.91 Å². The molecule has 1 aliphatic rings. The van der Waals surface area contributed by atoms with Gasteiger partial charge in [0, 0.05) is 23.9 Å². The summed E-state index contributed by atoms with van der Waals surface area (Å²) in [5.41, 5.74) is 1.70. The number of amides is 2. The molecule has 172 valence electrons. The molecule has 0 bridgehead atoms. The van der Waals surface area contributed by atoms with Gasteiger partial charge >= 0.3 is 5.97 Å². The molecule has 8 heteroatoms. The van der Waals surface area contributed by atoms with Crippen LogP contribution < -0.4 is 10.1 Å². The van der Waals surface area contributed by atoms with Crippen LogP contribution in [0, 0.1) is 0 Å². The van der Waals surface area contributed by atoms with Crippen molar-refractivity contribution in [2.24, 2.45) is 0 Å². The molecule has 0 aliphatic carbocycles. The van der Waals surface area contributed by atoms with Gasteiger partial charge in [-0.15, -0.1) is 11.3 Å². The fourth-order valence-corrected chi connectivity index (χ4v) is 4.87. The summed E-state index contributed by atoms with van der Waals surface area (Å²) in [5.74, 6) is -0.147. The molecule has 2 heterocycles. The number of rotatable bonds is 9. The normalized spacial score (nSPS) is 12.8. The summed E-state index contributed by atoms with van der Waals surface area (Å²) in [4.78, 5) is 40.1. The van der Waals surface area contributed by atoms with E-state index in [-0.39, 0.29) is 18.4 Å². The number of nitrogens with one attached hydrogen (secondary N) is 1. The Morgan fingerprint density at radius 1 is 1.19 bits per heavy atom. The maximum atomic E-state index is 13.0. The predicted octanol–water partition coefficient (Wildman–Crippen LogP) is 4.65. The van der Waals surface area contributed by atoms with Crippen LogP contribution in [0.25, 0.3) is 0 Å². The molecule has 3 rings (SSSR count). The molecule has 0 fully saturated rings. The number of thiophene rings is 1. The minimum atomic E-state index is -0.454. The second-order valence-corrected chi connectivity index (χ2v) is 8.76. The van der Waals surface area contributed by atoms with Gasteiger partial charge in [-0.3, -0.25) is 9.59 Å². The van der Waals surface area contributed by atoms with Crippen molar-refractivity contribution in [2.75, 3.05) is 25.1 Å². The molecular weight excluding hydrogens is 428 g/mol. The smallest absolute Gasteiger partial charge is 0.341 e. The van der Waals surface area contributed by atoms with Gasteiger partial charge in [0.05, 0.1) is 25.3 Å². The fourth-order valence-electron chi connectivity index (χ4n) is 3.62. The lowest BCUT2D eigenvalue weighted by Gasteiger charge is -2.25. The number of carbonyl (C=O) groups excluding carboxylic acids is 3. The van der Waals surface area contributed by atoms with Gasteiger partial charge in [0.25, 0.3) is 5.91 Å². The van der Waals surface area contributed by atoms with Crippen molar-refractivity contribution in [1.29, 1.82) is 0 Å². The average molecular weight is 459 g/mol. The van der Waals surface area contributed by atoms with Crippen LogP contribution >= 0.6 is 11.3 Å². The van der Waals surface area contributed by atoms with E-state index in [0.29, 0.717) is 48.0 Å². The Morgan fingerprint density at radius 2 is 2.00 bits per heavy atom. The molecular formula is C24H30N2O5S. The van der Waals surface area contributed by atoms with Gasteiger partial charge in [0.15, 0.2) is 0 Å². The number of anilines is 1. The summed E-state index contributed by atoms with van der Waals surface area (Å²) in [6.45, 7) is 7.23. The minimum absolute atomic E-state index is 0.0110. The number of benzene rings is 1. The maximum Gasteiger partial charge on any atom is 0.341 e. The molecule has 1 aromatic heterocycles. The Hall–Kier alpha value is -2.87. The number of carbonyl (C=O) groups is 3. The Balaban J connectivity index is 1.81. The molecule has 1 aliphatic heterocycles. The largest absolute Gasteiger partial charge is 0.494 e. The molecule has 0 saturated carbocycles. The standard InChI is InChI=1S/C24H30N2O5S/c1-4-6-7-13-31-18-10-8-9-17(14-18)22(28)25-23-21(24(29)30-5-2)19-11-12-26(16(3)27)15-20(19)32-23/h8-10,14H,4-7,11-13,15H2,1-3H3,(H,25,28). The van der Waals surface area contributed by atoms with Crippen molar-refractivity contribution < 1.29 is 23.9 Å². The van der Waals surface area contributed by atoms with E-state index < -0.39 is 5.97 Å². The summed E-state index contributed by atoms with van der Waals surface area (Å²) in [6, 6.07) is 7.02. The Bertz CT molecular complexity index is 985. The van der Waals surface area contributed by atoms with Crippen LogP contribution in [-0.4, -0.2) is 42.4 Å². The highest BCUT2D eigenvalue weighted by atomic mass is 32.1. The number of hydrogen-bond donors (Lipinski definition) is 1. The van der Waals surface area contributed by atoms with Crippen molar-refractivity contribution >= 4 is 34.1 Å². The van der Waals surface area contributed by atoms with Gasteiger partial charge in [-0.05, 0) is 43.5 Å². The maximum absolute atomic E-state index is 13.0. The highest BCUT2D eigenvalue weighted by molar-refractivity contribution is 7.17. The van der Waals surface area contributed by atoms with Crippen LogP contribution in [0.4, 0.5) is 5.00 Å². The van der Waals surface area contributed by atoms with E-state index in [2.05, 4.69) is 12.2 Å². The van der Waals surface area contributed by atoms with Gasteiger partial charge < -0.3 is 19.7 Å². The third-order valence-electron chi connectivity index (χ3n) is 5.32. The first-order valence-electron chi connectivity index (χ1n) is 11.1. The molecule has 7 nitrogen and oxygen atoms in total. The number of nitrogens with zero attached hydrogens (tertiary/aromatic N) is 1. The molecule has 0 radical (unpaired) electrons. The first kappa shape index (κ1) is 23.8. The molecule has 1 N–H and O–H groups in total. The molecule has 0 atom stereocenters. The fraction of sp³-hybridized carbons (Fsp3) is 0.458. The number of hydrogen-bond acceptors (Lipinski definition) is 6. The van der Waals surface area contributed by atoms with Crippen molar-refractivity contribution in [1.82, 2.24) is 4.90 Å². The quantitative estimate of drug-likeness (QED) is 0.437. The summed E-state index contributed by atoms with van der Waals surface area (Å²) < 4.78 is 11.0. The Kier molecular flexibility index (Phi) is 8.27. The van der Waals surface area contributed by atoms with Gasteiger partial charge in [-0.25, -0.2) is 4.79 Å². The number of fused-ring (bicyclic) bond motifs is 1. The second-order valence-electron chi connectivity index (χ2n) is 7.66. The number of ether oxygens (including phenoxy) is 2. The molecule has 1 aromatic carbocycles. The predicted molar refractivity (Wildman–Crippen MR) is 124 cm³/mol. The number of esters is 1. The molecule has 2 amide bonds. The summed E-state index contributed by atoms with van der Waals surface area (Å²) in [7, 11) is 0. The highest BCUT2D eigenvalue weighted by Gasteiger charge is 2.30. The Morgan fingerprint density at radius 3 is 2.72 bits per heavy atom. The van der Waals surface area contributed by atoms with Crippen molar-refractivity contribution in [3.63, 3.8) is 0 Å². The third kappa shape index (κ3) is 5.68. The number of unbranched alkanes of at least 4 members (excludes halogenated alkanes) is 2. The zero-order valence-electron chi connectivity index (χ0n) is 18.9. The second kappa shape index (κ2) is 11.1. The molecule has 0 unspecified atom stereocenters. The monoisotopic (exact) mass is 458 g/mol. The van der Waals surface area contributed by atoms with Gasteiger partial charge in [-0.2, -0.15) is 0 Å². The van der Waals surface area contributed by atoms with E-state index in [1.165, 1.54) is 18.3 Å². The van der Waals surface area contributed by atoms with Crippen molar-refractivity contribution in [3.05, 3.63) is 45.8 Å². The minimum Gasteiger partial charge on any atom is -0.494 e. The first-order valence-corrected chi connectivity index (χ1v) is 11.9. The van der Waals surface area contributed by atoms with Crippen LogP contribution in [-0.2, 0) is 22.5 Å². The van der Waals surface area contributed by atoms with E-state index in [1.54, 1.807) is 30.0 Å². The molecule has 0 spiro atoms. The van der Waals surface area contributed by atoms with Crippen molar-refractivity contribution in [2.45, 2.75) is 53.0 Å². The van der Waals surface area contributed by atoms with Crippen LogP contribution in [0.15, 0.2) is 24.3 Å². The van der Waals surface area contributed by atoms with Gasteiger partial charge in [0.1, 0.15) is 10.8 Å². The SMILES string of the molecule is CCCCCOc1cccc(C(=O)Nc2sc3c(c2C(=O)OCC)CCN(C(C)=O)C3)c1. The summed E-state index contributed by atoms with van der Waals surface area (Å²) in [6.07, 6.45) is 3.73. The summed E-state index contributed by atoms with van der Waals surface area (Å²) >= 11 is 1.33. The lowest BCUT2D eigenvalue weighted by molar-refractivity contribution is -0.129. The lowest BCUT2D eigenvalue weighted by Crippen LogP contribution is -2.34. The average Bonchev–Trinajstić information content (AvgIpc) is 3.14. The van der Waals surface area contributed by atoms with E-state index in [1.807, 2.05) is 6.07 Å². The van der Waals surface area contributed by atoms with Crippen molar-refractivity contribution in [3.8, 4) is 5.75 Å². The van der Waals surface area contributed by atoms with Crippen LogP contribution in [0.5, 0.6) is 5.75 Å². The lowest BCUT2D eigenvalue weighted by atomic mass is 10.0. The third-order valence-corrected chi connectivity index (χ3v) is 6.45. The van der Waals surface area contributed by atoms with Gasteiger partial charge in [-0.1, -0.05) is 25.8 Å². The van der Waals surface area contributed by atoms with Crippen LogP contribution in [0.3, 0.4) is 0 Å². The zero-order valence-corrected chi connectivity index (χ0v) is 19.7. The molecule has 2 aromatic rings. The van der Waals surface area contributed by atoms with E-state index in [9.17, 15) is 14.4 Å². The molecule has 0 saturated heterocycles.